The fourth-order valence-electron chi connectivity index (χ4n) is 2.06. The number of benzene rings is 3. The molecule has 3 aromatic rings. The molecule has 0 saturated heterocycles. The number of hydrogen-bond acceptors (Lipinski definition) is 3. The maximum Gasteiger partial charge on any atom is 0.336 e. The van der Waals surface area contributed by atoms with Gasteiger partial charge in [-0.1, -0.05) is 42.1 Å². The molecule has 0 spiro atoms. The molecule has 0 unspecified atom stereocenters. The lowest BCUT2D eigenvalue weighted by Crippen LogP contribution is -1.97. The van der Waals surface area contributed by atoms with Crippen molar-refractivity contribution >= 4 is 17.7 Å². The van der Waals surface area contributed by atoms with Crippen LogP contribution in [0, 0.1) is 0 Å². The van der Waals surface area contributed by atoms with Crippen LogP contribution in [0.5, 0.6) is 11.5 Å². The van der Waals surface area contributed by atoms with Gasteiger partial charge in [-0.15, -0.1) is 0 Å². The summed E-state index contributed by atoms with van der Waals surface area (Å²) in [7, 11) is 0. The summed E-state index contributed by atoms with van der Waals surface area (Å²) in [5.41, 5.74) is 0.308. The molecule has 0 atom stereocenters. The highest BCUT2D eigenvalue weighted by molar-refractivity contribution is 7.99. The number of carbonyl (C=O) groups is 1. The Kier molecular flexibility index (Phi) is 4.64. The first-order valence-electron chi connectivity index (χ1n) is 7.05. The second-order valence-corrected chi connectivity index (χ2v) is 5.91. The van der Waals surface area contributed by atoms with Gasteiger partial charge in [-0.2, -0.15) is 0 Å². The Morgan fingerprint density at radius 2 is 1.39 bits per heavy atom. The van der Waals surface area contributed by atoms with Crippen LogP contribution in [0.15, 0.2) is 88.7 Å². The molecule has 0 aromatic heterocycles. The molecule has 4 heteroatoms. The van der Waals surface area contributed by atoms with E-state index in [0.717, 1.165) is 21.3 Å². The van der Waals surface area contributed by atoms with Crippen molar-refractivity contribution in [2.45, 2.75) is 9.79 Å². The fraction of sp³-hybridized carbons (Fsp3) is 0. The molecular formula is C19H14O3S. The van der Waals surface area contributed by atoms with E-state index in [2.05, 4.69) is 0 Å². The van der Waals surface area contributed by atoms with Crippen LogP contribution in [-0.2, 0) is 0 Å². The van der Waals surface area contributed by atoms with Crippen molar-refractivity contribution < 1.29 is 14.6 Å². The van der Waals surface area contributed by atoms with Crippen LogP contribution in [0.3, 0.4) is 0 Å². The van der Waals surface area contributed by atoms with Gasteiger partial charge in [-0.25, -0.2) is 4.79 Å². The lowest BCUT2D eigenvalue weighted by molar-refractivity contribution is 0.0693. The summed E-state index contributed by atoms with van der Waals surface area (Å²) in [5, 5.41) is 9.22. The minimum Gasteiger partial charge on any atom is -0.478 e. The van der Waals surface area contributed by atoms with E-state index in [1.807, 2.05) is 66.7 Å². The molecular weight excluding hydrogens is 308 g/mol. The van der Waals surface area contributed by atoms with Crippen LogP contribution in [0.4, 0.5) is 0 Å². The van der Waals surface area contributed by atoms with Crippen molar-refractivity contribution in [2.24, 2.45) is 0 Å². The maximum atomic E-state index is 11.2. The zero-order valence-electron chi connectivity index (χ0n) is 12.2. The first-order valence-corrected chi connectivity index (χ1v) is 7.87. The van der Waals surface area contributed by atoms with E-state index in [0.29, 0.717) is 5.56 Å². The van der Waals surface area contributed by atoms with Crippen molar-refractivity contribution in [1.82, 2.24) is 0 Å². The van der Waals surface area contributed by atoms with Crippen molar-refractivity contribution in [3.63, 3.8) is 0 Å². The molecule has 0 amide bonds. The van der Waals surface area contributed by atoms with E-state index in [1.54, 1.807) is 12.1 Å². The third-order valence-electron chi connectivity index (χ3n) is 3.15. The first-order chi connectivity index (χ1) is 11.2. The van der Waals surface area contributed by atoms with E-state index >= 15 is 0 Å². The van der Waals surface area contributed by atoms with Gasteiger partial charge in [0.05, 0.1) is 5.56 Å². The Labute approximate surface area is 138 Å². The molecule has 3 nitrogen and oxygen atoms in total. The number of para-hydroxylation sites is 1. The Morgan fingerprint density at radius 3 is 2.09 bits per heavy atom. The maximum absolute atomic E-state index is 11.2. The zero-order chi connectivity index (χ0) is 16.1. The standard InChI is InChI=1S/C19H14O3S/c20-19(21)17-8-4-5-9-18(17)23-16-12-10-15(11-13-16)22-14-6-2-1-3-7-14/h1-13H,(H,20,21). The summed E-state index contributed by atoms with van der Waals surface area (Å²) in [5.74, 6) is 0.605. The lowest BCUT2D eigenvalue weighted by Gasteiger charge is -2.08. The topological polar surface area (TPSA) is 46.5 Å². The summed E-state index contributed by atoms with van der Waals surface area (Å²) in [4.78, 5) is 12.9. The molecule has 0 aliphatic rings. The van der Waals surface area contributed by atoms with Crippen molar-refractivity contribution in [2.75, 3.05) is 0 Å². The van der Waals surface area contributed by atoms with Gasteiger partial charge in [0.25, 0.3) is 0 Å². The Morgan fingerprint density at radius 1 is 0.783 bits per heavy atom. The Balaban J connectivity index is 1.74. The van der Waals surface area contributed by atoms with E-state index in [1.165, 1.54) is 11.8 Å². The van der Waals surface area contributed by atoms with Crippen LogP contribution in [-0.4, -0.2) is 11.1 Å². The third kappa shape index (κ3) is 3.93. The van der Waals surface area contributed by atoms with Gasteiger partial charge in [-0.3, -0.25) is 0 Å². The van der Waals surface area contributed by atoms with E-state index < -0.39 is 5.97 Å². The summed E-state index contributed by atoms with van der Waals surface area (Å²) < 4.78 is 5.74. The summed E-state index contributed by atoms with van der Waals surface area (Å²) in [6.07, 6.45) is 0. The smallest absolute Gasteiger partial charge is 0.336 e. The minimum atomic E-state index is -0.919. The van der Waals surface area contributed by atoms with Crippen LogP contribution < -0.4 is 4.74 Å². The van der Waals surface area contributed by atoms with Crippen LogP contribution in [0.1, 0.15) is 10.4 Å². The van der Waals surface area contributed by atoms with E-state index in [4.69, 9.17) is 4.74 Å². The molecule has 0 saturated carbocycles. The number of carboxylic acid groups (broad SMARTS) is 1. The first kappa shape index (κ1) is 15.2. The number of carboxylic acids is 1. The lowest BCUT2D eigenvalue weighted by atomic mass is 10.2. The summed E-state index contributed by atoms with van der Waals surface area (Å²) in [6, 6.07) is 24.1. The number of ether oxygens (including phenoxy) is 1. The average Bonchev–Trinajstić information content (AvgIpc) is 2.58. The highest BCUT2D eigenvalue weighted by atomic mass is 32.2. The number of aromatic carboxylic acids is 1. The second-order valence-electron chi connectivity index (χ2n) is 4.79. The largest absolute Gasteiger partial charge is 0.478 e. The normalized spacial score (nSPS) is 10.3. The molecule has 0 heterocycles. The molecule has 0 bridgehead atoms. The van der Waals surface area contributed by atoms with Gasteiger partial charge in [0, 0.05) is 9.79 Å². The molecule has 1 N–H and O–H groups in total. The SMILES string of the molecule is O=C(O)c1ccccc1Sc1ccc(Oc2ccccc2)cc1. The zero-order valence-corrected chi connectivity index (χ0v) is 13.0. The van der Waals surface area contributed by atoms with Gasteiger partial charge in [0.2, 0.25) is 0 Å². The Bertz CT molecular complexity index is 798. The van der Waals surface area contributed by atoms with Gasteiger partial charge in [-0.05, 0) is 48.5 Å². The van der Waals surface area contributed by atoms with Crippen molar-refractivity contribution in [3.05, 3.63) is 84.4 Å². The molecule has 3 aromatic carbocycles. The van der Waals surface area contributed by atoms with E-state index in [-0.39, 0.29) is 0 Å². The molecule has 0 aliphatic heterocycles. The molecule has 114 valence electrons. The molecule has 0 fully saturated rings. The van der Waals surface area contributed by atoms with Crippen LogP contribution in [0.25, 0.3) is 0 Å². The monoisotopic (exact) mass is 322 g/mol. The number of rotatable bonds is 5. The quantitative estimate of drug-likeness (QED) is 0.690. The summed E-state index contributed by atoms with van der Waals surface area (Å²) >= 11 is 1.42. The highest BCUT2D eigenvalue weighted by Gasteiger charge is 2.10. The van der Waals surface area contributed by atoms with Gasteiger partial charge in [0.15, 0.2) is 0 Å². The Hall–Kier alpha value is -2.72. The molecule has 3 rings (SSSR count). The second kappa shape index (κ2) is 7.03. The van der Waals surface area contributed by atoms with E-state index in [9.17, 15) is 9.90 Å². The predicted molar refractivity (Wildman–Crippen MR) is 90.5 cm³/mol. The van der Waals surface area contributed by atoms with Gasteiger partial charge >= 0.3 is 5.97 Å². The molecule has 23 heavy (non-hydrogen) atoms. The highest BCUT2D eigenvalue weighted by Crippen LogP contribution is 2.32. The molecule has 0 radical (unpaired) electrons. The van der Waals surface area contributed by atoms with Gasteiger partial charge in [0.1, 0.15) is 11.5 Å². The van der Waals surface area contributed by atoms with Crippen LogP contribution in [0.2, 0.25) is 0 Å². The van der Waals surface area contributed by atoms with Crippen molar-refractivity contribution in [3.8, 4) is 11.5 Å². The number of hydrogen-bond donors (Lipinski definition) is 1. The fourth-order valence-corrected chi connectivity index (χ4v) is 3.00. The van der Waals surface area contributed by atoms with Gasteiger partial charge < -0.3 is 9.84 Å². The van der Waals surface area contributed by atoms with Crippen LogP contribution >= 0.6 is 11.8 Å². The summed E-state index contributed by atoms with van der Waals surface area (Å²) in [6.45, 7) is 0. The average molecular weight is 322 g/mol. The third-order valence-corrected chi connectivity index (χ3v) is 4.23. The molecule has 0 aliphatic carbocycles. The van der Waals surface area contributed by atoms with Crippen molar-refractivity contribution in [1.29, 1.82) is 0 Å². The predicted octanol–water partition coefficient (Wildman–Crippen LogP) is 5.33. The minimum absolute atomic E-state index is 0.308.